The minimum absolute atomic E-state index is 0.119. The van der Waals surface area contributed by atoms with Crippen LogP contribution in [0.5, 0.6) is 0 Å². The van der Waals surface area contributed by atoms with Crippen LogP contribution < -0.4 is 5.73 Å². The molecule has 5 heteroatoms. The molecule has 1 fully saturated rings. The highest BCUT2D eigenvalue weighted by atomic mass is 15.3. The van der Waals surface area contributed by atoms with E-state index in [0.29, 0.717) is 6.04 Å². The number of nitrogens with one attached hydrogen (secondary N) is 1. The summed E-state index contributed by atoms with van der Waals surface area (Å²) in [5.74, 6) is 1.89. The van der Waals surface area contributed by atoms with Crippen LogP contribution in [0.4, 0.5) is 0 Å². The number of nitrogens with zero attached hydrogens (tertiary/aromatic N) is 3. The molecule has 0 radical (unpaired) electrons. The average molecular weight is 281 g/mol. The number of fused-ring (bicyclic) bond motifs is 1. The lowest BCUT2D eigenvalue weighted by Gasteiger charge is -2.13. The van der Waals surface area contributed by atoms with E-state index in [1.54, 1.807) is 0 Å². The number of rotatable bonds is 4. The third kappa shape index (κ3) is 2.14. The Morgan fingerprint density at radius 3 is 2.95 bits per heavy atom. The normalized spacial score (nSPS) is 16.5. The molecule has 1 aliphatic rings. The average Bonchev–Trinajstić information content (AvgIpc) is 3.14. The number of aromatic amines is 1. The number of nitrogens with two attached hydrogens (primary N) is 1. The molecule has 5 nitrogen and oxygen atoms in total. The van der Waals surface area contributed by atoms with Crippen molar-refractivity contribution in [3.63, 3.8) is 0 Å². The van der Waals surface area contributed by atoms with Gasteiger partial charge in [-0.3, -0.25) is 0 Å². The maximum absolute atomic E-state index is 6.42. The van der Waals surface area contributed by atoms with Gasteiger partial charge in [-0.25, -0.2) is 0 Å². The molecule has 4 rings (SSSR count). The fourth-order valence-corrected chi connectivity index (χ4v) is 3.05. The van der Waals surface area contributed by atoms with Crippen molar-refractivity contribution in [2.75, 3.05) is 0 Å². The molecule has 0 aliphatic heterocycles. The fourth-order valence-electron chi connectivity index (χ4n) is 3.05. The molecule has 2 aromatic heterocycles. The monoisotopic (exact) mass is 281 g/mol. The molecule has 21 heavy (non-hydrogen) atoms. The quantitative estimate of drug-likeness (QED) is 0.772. The van der Waals surface area contributed by atoms with E-state index in [0.717, 1.165) is 23.6 Å². The van der Waals surface area contributed by atoms with Crippen LogP contribution in [0.1, 0.15) is 42.1 Å². The van der Waals surface area contributed by atoms with Crippen LogP contribution in [-0.4, -0.2) is 19.7 Å². The minimum Gasteiger partial charge on any atom is -0.361 e. The number of hydrogen-bond donors (Lipinski definition) is 2. The van der Waals surface area contributed by atoms with Crippen molar-refractivity contribution in [2.24, 2.45) is 5.73 Å². The van der Waals surface area contributed by atoms with Crippen molar-refractivity contribution >= 4 is 10.9 Å². The van der Waals surface area contributed by atoms with Crippen LogP contribution in [0.15, 0.2) is 30.5 Å². The first-order chi connectivity index (χ1) is 10.2. The predicted molar refractivity (Wildman–Crippen MR) is 82.0 cm³/mol. The van der Waals surface area contributed by atoms with E-state index in [2.05, 4.69) is 44.1 Å². The van der Waals surface area contributed by atoms with Gasteiger partial charge >= 0.3 is 0 Å². The van der Waals surface area contributed by atoms with Gasteiger partial charge in [-0.1, -0.05) is 18.2 Å². The molecule has 0 spiro atoms. The highest BCUT2D eigenvalue weighted by molar-refractivity contribution is 5.83. The Labute approximate surface area is 123 Å². The zero-order valence-corrected chi connectivity index (χ0v) is 12.1. The summed E-state index contributed by atoms with van der Waals surface area (Å²) >= 11 is 0. The summed E-state index contributed by atoms with van der Waals surface area (Å²) in [4.78, 5) is 3.30. The van der Waals surface area contributed by atoms with Gasteiger partial charge in [0.25, 0.3) is 0 Å². The van der Waals surface area contributed by atoms with E-state index in [1.807, 2.05) is 13.0 Å². The van der Waals surface area contributed by atoms with Crippen LogP contribution in [-0.2, 0) is 6.42 Å². The maximum Gasteiger partial charge on any atom is 0.150 e. The Kier molecular flexibility index (Phi) is 2.82. The molecule has 108 valence electrons. The molecular weight excluding hydrogens is 262 g/mol. The number of aromatic nitrogens is 4. The molecule has 1 aromatic carbocycles. The number of para-hydroxylation sites is 1. The van der Waals surface area contributed by atoms with Crippen molar-refractivity contribution in [1.82, 2.24) is 19.7 Å². The van der Waals surface area contributed by atoms with E-state index < -0.39 is 0 Å². The molecule has 0 saturated heterocycles. The lowest BCUT2D eigenvalue weighted by atomic mass is 10.1. The van der Waals surface area contributed by atoms with Crippen molar-refractivity contribution in [1.29, 1.82) is 0 Å². The number of H-pyrrole nitrogens is 1. The second-order valence-electron chi connectivity index (χ2n) is 5.88. The Balaban J connectivity index is 1.65. The summed E-state index contributed by atoms with van der Waals surface area (Å²) in [7, 11) is 0. The van der Waals surface area contributed by atoms with Crippen LogP contribution in [0.25, 0.3) is 10.9 Å². The van der Waals surface area contributed by atoms with Gasteiger partial charge in [-0.2, -0.15) is 0 Å². The molecule has 1 saturated carbocycles. The summed E-state index contributed by atoms with van der Waals surface area (Å²) in [5, 5.41) is 9.77. The van der Waals surface area contributed by atoms with Gasteiger partial charge in [-0.05, 0) is 37.8 Å². The molecule has 0 unspecified atom stereocenters. The van der Waals surface area contributed by atoms with E-state index >= 15 is 0 Å². The Morgan fingerprint density at radius 1 is 1.33 bits per heavy atom. The molecule has 0 bridgehead atoms. The lowest BCUT2D eigenvalue weighted by Crippen LogP contribution is -2.19. The first-order valence-corrected chi connectivity index (χ1v) is 7.46. The van der Waals surface area contributed by atoms with Gasteiger partial charge in [-0.15, -0.1) is 10.2 Å². The molecule has 0 amide bonds. The van der Waals surface area contributed by atoms with Gasteiger partial charge in [0.05, 0.1) is 6.04 Å². The summed E-state index contributed by atoms with van der Waals surface area (Å²) in [5.41, 5.74) is 8.81. The topological polar surface area (TPSA) is 72.5 Å². The Bertz CT molecular complexity index is 781. The van der Waals surface area contributed by atoms with Gasteiger partial charge in [0.15, 0.2) is 5.82 Å². The van der Waals surface area contributed by atoms with E-state index in [-0.39, 0.29) is 6.04 Å². The van der Waals surface area contributed by atoms with Crippen LogP contribution in [0.2, 0.25) is 0 Å². The SMILES string of the molecule is Cc1nnc([C@@H](N)Cc2c[nH]c3ccccc23)n1C1CC1. The zero-order chi connectivity index (χ0) is 14.4. The summed E-state index contributed by atoms with van der Waals surface area (Å²) in [6.07, 6.45) is 5.25. The minimum atomic E-state index is -0.119. The highest BCUT2D eigenvalue weighted by Gasteiger charge is 2.30. The van der Waals surface area contributed by atoms with E-state index in [1.165, 1.54) is 23.8 Å². The van der Waals surface area contributed by atoms with Gasteiger partial charge < -0.3 is 15.3 Å². The predicted octanol–water partition coefficient (Wildman–Crippen LogP) is 2.65. The maximum atomic E-state index is 6.42. The van der Waals surface area contributed by atoms with E-state index in [4.69, 9.17) is 5.73 Å². The fraction of sp³-hybridized carbons (Fsp3) is 0.375. The Hall–Kier alpha value is -2.14. The lowest BCUT2D eigenvalue weighted by molar-refractivity contribution is 0.585. The van der Waals surface area contributed by atoms with Crippen LogP contribution >= 0.6 is 0 Å². The standard InChI is InChI=1S/C16H19N5/c1-10-19-20-16(21(10)12-6-7-12)14(17)8-11-9-18-15-5-3-2-4-13(11)15/h2-5,9,12,14,18H,6-8,17H2,1H3/t14-/m0/s1. The van der Waals surface area contributed by atoms with Gasteiger partial charge in [0, 0.05) is 23.1 Å². The number of hydrogen-bond acceptors (Lipinski definition) is 3. The van der Waals surface area contributed by atoms with Crippen LogP contribution in [0, 0.1) is 6.92 Å². The van der Waals surface area contributed by atoms with Crippen molar-refractivity contribution in [2.45, 2.75) is 38.3 Å². The third-order valence-electron chi connectivity index (χ3n) is 4.25. The van der Waals surface area contributed by atoms with Crippen molar-refractivity contribution in [3.05, 3.63) is 47.7 Å². The van der Waals surface area contributed by atoms with Crippen molar-refractivity contribution < 1.29 is 0 Å². The molecule has 3 aromatic rings. The Morgan fingerprint density at radius 2 is 2.14 bits per heavy atom. The summed E-state index contributed by atoms with van der Waals surface area (Å²) < 4.78 is 2.22. The first-order valence-electron chi connectivity index (χ1n) is 7.46. The second-order valence-corrected chi connectivity index (χ2v) is 5.88. The zero-order valence-electron chi connectivity index (χ0n) is 12.1. The second kappa shape index (κ2) is 4.70. The van der Waals surface area contributed by atoms with Gasteiger partial charge in [0.2, 0.25) is 0 Å². The smallest absolute Gasteiger partial charge is 0.150 e. The molecular formula is C16H19N5. The van der Waals surface area contributed by atoms with Crippen molar-refractivity contribution in [3.8, 4) is 0 Å². The molecule has 2 heterocycles. The molecule has 1 aliphatic carbocycles. The molecule has 3 N–H and O–H groups in total. The number of aryl methyl sites for hydroxylation is 1. The molecule has 1 atom stereocenters. The third-order valence-corrected chi connectivity index (χ3v) is 4.25. The van der Waals surface area contributed by atoms with Crippen LogP contribution in [0.3, 0.4) is 0 Å². The summed E-state index contributed by atoms with van der Waals surface area (Å²) in [6.45, 7) is 2.01. The highest BCUT2D eigenvalue weighted by Crippen LogP contribution is 2.37. The first kappa shape index (κ1) is 12.6. The van der Waals surface area contributed by atoms with Gasteiger partial charge in [0.1, 0.15) is 5.82 Å². The van der Waals surface area contributed by atoms with E-state index in [9.17, 15) is 0 Å². The number of benzene rings is 1. The summed E-state index contributed by atoms with van der Waals surface area (Å²) in [6, 6.07) is 8.75. The largest absolute Gasteiger partial charge is 0.361 e.